The second-order valence-electron chi connectivity index (χ2n) is 6.16. The Morgan fingerprint density at radius 1 is 1.26 bits per heavy atom. The summed E-state index contributed by atoms with van der Waals surface area (Å²) in [6, 6.07) is 10.3. The van der Waals surface area contributed by atoms with E-state index in [4.69, 9.17) is 15.6 Å². The molecule has 1 unspecified atom stereocenters. The highest BCUT2D eigenvalue weighted by Crippen LogP contribution is 2.23. The van der Waals surface area contributed by atoms with Crippen LogP contribution in [0, 0.1) is 5.92 Å². The van der Waals surface area contributed by atoms with Crippen molar-refractivity contribution in [2.75, 3.05) is 6.26 Å². The number of hydrogen-bond donors (Lipinski definition) is 2. The Morgan fingerprint density at radius 2 is 1.81 bits per heavy atom. The average Bonchev–Trinajstić information content (AvgIpc) is 2.97. The number of carbonyl (C=O) groups is 1. The van der Waals surface area contributed by atoms with Crippen LogP contribution in [0.3, 0.4) is 0 Å². The van der Waals surface area contributed by atoms with Gasteiger partial charge in [0.1, 0.15) is 0 Å². The summed E-state index contributed by atoms with van der Waals surface area (Å²) in [6.45, 7) is 5.12. The fourth-order valence-electron chi connectivity index (χ4n) is 2.25. The summed E-state index contributed by atoms with van der Waals surface area (Å²) in [7, 11) is 0. The fourth-order valence-corrected chi connectivity index (χ4v) is 2.75. The Kier molecular flexibility index (Phi) is 8.77. The van der Waals surface area contributed by atoms with Crippen LogP contribution in [0.4, 0.5) is 13.2 Å². The number of hydrogen-bond acceptors (Lipinski definition) is 5. The Morgan fingerprint density at radius 3 is 2.26 bits per heavy atom. The molecule has 2 aromatic rings. The van der Waals surface area contributed by atoms with E-state index < -0.39 is 12.1 Å². The lowest BCUT2D eigenvalue weighted by Crippen LogP contribution is -2.21. The summed E-state index contributed by atoms with van der Waals surface area (Å²) < 4.78 is 33.9. The summed E-state index contributed by atoms with van der Waals surface area (Å²) in [5.41, 5.74) is 7.52. The number of carboxylic acids is 1. The molecule has 0 radical (unpaired) electrons. The summed E-state index contributed by atoms with van der Waals surface area (Å²) in [6.07, 6.45) is -2.15. The van der Waals surface area contributed by atoms with E-state index in [2.05, 4.69) is 40.7 Å². The molecule has 1 aromatic carbocycles. The molecule has 1 aromatic heterocycles. The van der Waals surface area contributed by atoms with Gasteiger partial charge in [-0.25, -0.2) is 4.79 Å². The zero-order chi connectivity index (χ0) is 20.6. The molecule has 2 rings (SSSR count). The third-order valence-electron chi connectivity index (χ3n) is 3.41. The molecule has 27 heavy (non-hydrogen) atoms. The van der Waals surface area contributed by atoms with Gasteiger partial charge in [-0.2, -0.15) is 13.2 Å². The van der Waals surface area contributed by atoms with Crippen LogP contribution >= 0.6 is 11.8 Å². The maximum atomic E-state index is 10.6. The molecular formula is C17H23F3N4O2S. The third-order valence-corrected chi connectivity index (χ3v) is 4.08. The van der Waals surface area contributed by atoms with Crippen LogP contribution < -0.4 is 5.73 Å². The maximum absolute atomic E-state index is 10.6. The fraction of sp³-hybridized carbons (Fsp3) is 0.471. The smallest absolute Gasteiger partial charge is 0.475 e. The molecule has 3 N–H and O–H groups in total. The first-order valence-corrected chi connectivity index (χ1v) is 9.35. The largest absolute Gasteiger partial charge is 0.490 e. The number of halogens is 3. The van der Waals surface area contributed by atoms with Crippen LogP contribution in [0.1, 0.15) is 37.7 Å². The number of nitrogens with two attached hydrogens (primary N) is 1. The van der Waals surface area contributed by atoms with Crippen LogP contribution in [-0.4, -0.2) is 38.3 Å². The van der Waals surface area contributed by atoms with Gasteiger partial charge in [0.2, 0.25) is 0 Å². The SMILES string of the molecule is CSc1nnc(C(N)CC(C)C)n1Cc1ccccc1.O=C(O)C(F)(F)F. The molecule has 0 aliphatic carbocycles. The lowest BCUT2D eigenvalue weighted by Gasteiger charge is -2.16. The highest BCUT2D eigenvalue weighted by molar-refractivity contribution is 7.98. The minimum Gasteiger partial charge on any atom is -0.475 e. The van der Waals surface area contributed by atoms with Crippen molar-refractivity contribution >= 4 is 17.7 Å². The van der Waals surface area contributed by atoms with Crippen LogP contribution in [0.25, 0.3) is 0 Å². The molecule has 0 fully saturated rings. The third kappa shape index (κ3) is 7.59. The standard InChI is InChI=1S/C15H22N4S.C2HF3O2/c1-11(2)9-13(16)14-17-18-15(20-3)19(14)10-12-7-5-4-6-8-12;3-2(4,5)1(6)7/h4-8,11,13H,9-10,16H2,1-3H3;(H,6,7). The van der Waals surface area contributed by atoms with E-state index in [-0.39, 0.29) is 6.04 Å². The van der Waals surface area contributed by atoms with E-state index in [0.29, 0.717) is 5.92 Å². The minimum atomic E-state index is -5.08. The lowest BCUT2D eigenvalue weighted by molar-refractivity contribution is -0.192. The summed E-state index contributed by atoms with van der Waals surface area (Å²) >= 11 is 1.61. The van der Waals surface area contributed by atoms with Crippen molar-refractivity contribution in [1.82, 2.24) is 14.8 Å². The topological polar surface area (TPSA) is 94.0 Å². The number of carboxylic acid groups (broad SMARTS) is 1. The molecule has 0 aliphatic heterocycles. The number of aromatic nitrogens is 3. The van der Waals surface area contributed by atoms with Gasteiger partial charge in [-0.3, -0.25) is 0 Å². The second-order valence-corrected chi connectivity index (χ2v) is 6.93. The van der Waals surface area contributed by atoms with Crippen molar-refractivity contribution < 1.29 is 23.1 Å². The number of nitrogens with zero attached hydrogens (tertiary/aromatic N) is 3. The maximum Gasteiger partial charge on any atom is 0.490 e. The molecule has 150 valence electrons. The molecule has 10 heteroatoms. The van der Waals surface area contributed by atoms with Crippen LogP contribution in [0.15, 0.2) is 35.5 Å². The van der Waals surface area contributed by atoms with Gasteiger partial charge in [0.15, 0.2) is 11.0 Å². The molecule has 1 heterocycles. The first kappa shape index (κ1) is 23.0. The predicted octanol–water partition coefficient (Wildman–Crippen LogP) is 3.73. The van der Waals surface area contributed by atoms with E-state index in [1.807, 2.05) is 24.5 Å². The van der Waals surface area contributed by atoms with E-state index in [9.17, 15) is 13.2 Å². The highest BCUT2D eigenvalue weighted by atomic mass is 32.2. The zero-order valence-corrected chi connectivity index (χ0v) is 16.1. The van der Waals surface area contributed by atoms with Gasteiger partial charge >= 0.3 is 12.1 Å². The summed E-state index contributed by atoms with van der Waals surface area (Å²) in [4.78, 5) is 8.90. The zero-order valence-electron chi connectivity index (χ0n) is 15.3. The van der Waals surface area contributed by atoms with Crippen molar-refractivity contribution in [1.29, 1.82) is 0 Å². The molecule has 0 aliphatic rings. The minimum absolute atomic E-state index is 0.0629. The van der Waals surface area contributed by atoms with E-state index in [1.165, 1.54) is 5.56 Å². The number of thioether (sulfide) groups is 1. The number of benzene rings is 1. The van der Waals surface area contributed by atoms with Gasteiger partial charge < -0.3 is 15.4 Å². The van der Waals surface area contributed by atoms with Gasteiger partial charge in [0, 0.05) is 0 Å². The van der Waals surface area contributed by atoms with Crippen molar-refractivity contribution in [2.24, 2.45) is 11.7 Å². The highest BCUT2D eigenvalue weighted by Gasteiger charge is 2.38. The van der Waals surface area contributed by atoms with Crippen molar-refractivity contribution in [3.63, 3.8) is 0 Å². The Hall–Kier alpha value is -2.07. The van der Waals surface area contributed by atoms with Gasteiger partial charge in [0.05, 0.1) is 12.6 Å². The summed E-state index contributed by atoms with van der Waals surface area (Å²) in [5, 5.41) is 16.6. The molecule has 0 saturated carbocycles. The summed E-state index contributed by atoms with van der Waals surface area (Å²) in [5.74, 6) is -1.33. The Bertz CT molecular complexity index is 721. The lowest BCUT2D eigenvalue weighted by atomic mass is 10.0. The van der Waals surface area contributed by atoms with Gasteiger partial charge in [-0.15, -0.1) is 10.2 Å². The Labute approximate surface area is 160 Å². The van der Waals surface area contributed by atoms with E-state index in [0.717, 1.165) is 23.9 Å². The first-order chi connectivity index (χ1) is 12.6. The molecule has 0 bridgehead atoms. The quantitative estimate of drug-likeness (QED) is 0.713. The molecule has 0 amide bonds. The van der Waals surface area contributed by atoms with Gasteiger partial charge in [0.25, 0.3) is 0 Å². The Balaban J connectivity index is 0.000000445. The van der Waals surface area contributed by atoms with Crippen LogP contribution in [0.5, 0.6) is 0 Å². The number of alkyl halides is 3. The molecule has 6 nitrogen and oxygen atoms in total. The number of rotatable bonds is 6. The van der Waals surface area contributed by atoms with Crippen molar-refractivity contribution in [3.05, 3.63) is 41.7 Å². The van der Waals surface area contributed by atoms with Crippen molar-refractivity contribution in [2.45, 2.75) is 44.2 Å². The molecule has 0 spiro atoms. The number of aliphatic carboxylic acids is 1. The van der Waals surface area contributed by atoms with Crippen LogP contribution in [0.2, 0.25) is 0 Å². The van der Waals surface area contributed by atoms with E-state index in [1.54, 1.807) is 11.8 Å². The van der Waals surface area contributed by atoms with Crippen LogP contribution in [-0.2, 0) is 11.3 Å². The second kappa shape index (κ2) is 10.3. The molecule has 1 atom stereocenters. The predicted molar refractivity (Wildman–Crippen MR) is 97.4 cm³/mol. The molecular weight excluding hydrogens is 381 g/mol. The normalized spacial score (nSPS) is 12.4. The van der Waals surface area contributed by atoms with Gasteiger partial charge in [-0.1, -0.05) is 55.9 Å². The van der Waals surface area contributed by atoms with Crippen molar-refractivity contribution in [3.8, 4) is 0 Å². The monoisotopic (exact) mass is 404 g/mol. The van der Waals surface area contributed by atoms with E-state index >= 15 is 0 Å². The first-order valence-electron chi connectivity index (χ1n) is 8.13. The molecule has 0 saturated heterocycles. The average molecular weight is 404 g/mol. The van der Waals surface area contributed by atoms with Gasteiger partial charge in [-0.05, 0) is 24.2 Å².